The van der Waals surface area contributed by atoms with Crippen LogP contribution in [0.15, 0.2) is 36.8 Å². The van der Waals surface area contributed by atoms with Crippen molar-refractivity contribution in [2.75, 3.05) is 38.0 Å². The van der Waals surface area contributed by atoms with Crippen molar-refractivity contribution in [3.05, 3.63) is 48.3 Å². The van der Waals surface area contributed by atoms with E-state index in [4.69, 9.17) is 0 Å². The van der Waals surface area contributed by atoms with Crippen molar-refractivity contribution in [3.63, 3.8) is 0 Å². The van der Waals surface area contributed by atoms with Gasteiger partial charge in [-0.25, -0.2) is 9.37 Å². The van der Waals surface area contributed by atoms with Crippen molar-refractivity contribution >= 4 is 17.5 Å². The Hall–Kier alpha value is -2.74. The third kappa shape index (κ3) is 4.22. The Morgan fingerprint density at radius 1 is 1.14 bits per heavy atom. The molecule has 8 heteroatoms. The molecule has 2 aliphatic rings. The Labute approximate surface area is 163 Å². The van der Waals surface area contributed by atoms with Crippen LogP contribution in [0.2, 0.25) is 0 Å². The van der Waals surface area contributed by atoms with E-state index < -0.39 is 0 Å². The molecule has 2 aliphatic heterocycles. The number of imidazole rings is 1. The highest BCUT2D eigenvalue weighted by molar-refractivity contribution is 5.92. The lowest BCUT2D eigenvalue weighted by Crippen LogP contribution is -2.52. The number of fused-ring (bicyclic) bond motifs is 1. The molecule has 7 nitrogen and oxygen atoms in total. The van der Waals surface area contributed by atoms with Crippen LogP contribution in [0.3, 0.4) is 0 Å². The fraction of sp³-hybridized carbons (Fsp3) is 0.450. The van der Waals surface area contributed by atoms with E-state index in [2.05, 4.69) is 14.9 Å². The van der Waals surface area contributed by atoms with E-state index in [0.29, 0.717) is 38.4 Å². The minimum atomic E-state index is -0.332. The number of halogens is 1. The summed E-state index contributed by atoms with van der Waals surface area (Å²) in [7, 11) is 0. The molecule has 0 radical (unpaired) electrons. The molecule has 1 atom stereocenters. The van der Waals surface area contributed by atoms with Crippen LogP contribution >= 0.6 is 0 Å². The van der Waals surface area contributed by atoms with Gasteiger partial charge in [0, 0.05) is 50.3 Å². The molecule has 0 bridgehead atoms. The van der Waals surface area contributed by atoms with Gasteiger partial charge >= 0.3 is 0 Å². The predicted molar refractivity (Wildman–Crippen MR) is 102 cm³/mol. The first-order valence-electron chi connectivity index (χ1n) is 9.64. The summed E-state index contributed by atoms with van der Waals surface area (Å²) in [4.78, 5) is 33.1. The van der Waals surface area contributed by atoms with Gasteiger partial charge in [-0.3, -0.25) is 14.5 Å². The van der Waals surface area contributed by atoms with Crippen molar-refractivity contribution in [2.24, 2.45) is 5.92 Å². The monoisotopic (exact) mass is 385 g/mol. The lowest BCUT2D eigenvalue weighted by atomic mass is 9.96. The molecule has 2 aromatic rings. The summed E-state index contributed by atoms with van der Waals surface area (Å²) < 4.78 is 15.0. The molecular weight excluding hydrogens is 361 g/mol. The quantitative estimate of drug-likeness (QED) is 0.863. The average molecular weight is 385 g/mol. The van der Waals surface area contributed by atoms with Crippen molar-refractivity contribution in [2.45, 2.75) is 19.4 Å². The van der Waals surface area contributed by atoms with Gasteiger partial charge in [0.25, 0.3) is 0 Å². The third-order valence-electron chi connectivity index (χ3n) is 5.49. The van der Waals surface area contributed by atoms with Crippen LogP contribution in [0.5, 0.6) is 0 Å². The van der Waals surface area contributed by atoms with Gasteiger partial charge in [-0.05, 0) is 37.1 Å². The van der Waals surface area contributed by atoms with Crippen molar-refractivity contribution in [1.82, 2.24) is 19.4 Å². The molecule has 2 amide bonds. The molecular formula is C20H24FN5O2. The second-order valence-corrected chi connectivity index (χ2v) is 7.43. The molecule has 1 N–H and O–H groups in total. The summed E-state index contributed by atoms with van der Waals surface area (Å²) in [6.07, 6.45) is 5.42. The number of hydrogen-bond donors (Lipinski definition) is 1. The summed E-state index contributed by atoms with van der Waals surface area (Å²) in [5, 5.41) is 2.77. The van der Waals surface area contributed by atoms with Gasteiger partial charge < -0.3 is 14.8 Å². The minimum Gasteiger partial charge on any atom is -0.340 e. The number of aryl methyl sites for hydroxylation is 1. The van der Waals surface area contributed by atoms with Crippen molar-refractivity contribution in [1.29, 1.82) is 0 Å². The van der Waals surface area contributed by atoms with E-state index in [-0.39, 0.29) is 30.1 Å². The number of amides is 2. The maximum absolute atomic E-state index is 12.9. The molecule has 28 heavy (non-hydrogen) atoms. The van der Waals surface area contributed by atoms with Crippen LogP contribution in [0.4, 0.5) is 10.1 Å². The van der Waals surface area contributed by atoms with Gasteiger partial charge in [-0.15, -0.1) is 0 Å². The molecule has 3 heterocycles. The highest BCUT2D eigenvalue weighted by Crippen LogP contribution is 2.22. The van der Waals surface area contributed by atoms with E-state index >= 15 is 0 Å². The standard InChI is InChI=1S/C20H24FN5O2/c21-16-2-4-17(5-3-16)23-19(27)13-24-7-9-25(10-8-24)20(28)15-1-6-18-11-22-14-26(18)12-15/h2-5,11,14-15H,1,6-10,12-13H2,(H,23,27). The number of hydrogen-bond acceptors (Lipinski definition) is 4. The maximum Gasteiger partial charge on any atom is 0.238 e. The number of benzene rings is 1. The molecule has 1 unspecified atom stereocenters. The molecule has 0 aliphatic carbocycles. The average Bonchev–Trinajstić information content (AvgIpc) is 3.17. The molecule has 148 valence electrons. The molecule has 1 aromatic carbocycles. The zero-order chi connectivity index (χ0) is 19.5. The minimum absolute atomic E-state index is 0.00928. The van der Waals surface area contributed by atoms with Crippen LogP contribution in [0, 0.1) is 11.7 Å². The second kappa shape index (κ2) is 8.10. The number of aromatic nitrogens is 2. The summed E-state index contributed by atoms with van der Waals surface area (Å²) in [5.41, 5.74) is 1.78. The molecule has 0 saturated carbocycles. The van der Waals surface area contributed by atoms with Gasteiger partial charge in [0.05, 0.1) is 18.8 Å². The summed E-state index contributed by atoms with van der Waals surface area (Å²) in [5.74, 6) is -0.253. The smallest absolute Gasteiger partial charge is 0.238 e. The van der Waals surface area contributed by atoms with Gasteiger partial charge in [0.1, 0.15) is 5.82 Å². The number of anilines is 1. The number of carbonyl (C=O) groups excluding carboxylic acids is 2. The van der Waals surface area contributed by atoms with Gasteiger partial charge in [-0.1, -0.05) is 0 Å². The third-order valence-corrected chi connectivity index (χ3v) is 5.49. The van der Waals surface area contributed by atoms with Gasteiger partial charge in [0.2, 0.25) is 11.8 Å². The van der Waals surface area contributed by atoms with Crippen LogP contribution in [-0.2, 0) is 22.6 Å². The Morgan fingerprint density at radius 3 is 2.64 bits per heavy atom. The predicted octanol–water partition coefficient (Wildman–Crippen LogP) is 1.37. The Kier molecular flexibility index (Phi) is 5.38. The fourth-order valence-electron chi connectivity index (χ4n) is 3.89. The number of piperazine rings is 1. The van der Waals surface area contributed by atoms with Crippen LogP contribution < -0.4 is 5.32 Å². The first kappa shape index (κ1) is 18.6. The first-order chi connectivity index (χ1) is 13.6. The van der Waals surface area contributed by atoms with E-state index in [0.717, 1.165) is 12.8 Å². The molecule has 1 aromatic heterocycles. The van der Waals surface area contributed by atoms with Crippen molar-refractivity contribution in [3.8, 4) is 0 Å². The SMILES string of the molecule is O=C(CN1CCN(C(=O)C2CCc3cncn3C2)CC1)Nc1ccc(F)cc1. The number of nitrogens with zero attached hydrogens (tertiary/aromatic N) is 4. The fourth-order valence-corrected chi connectivity index (χ4v) is 3.89. The van der Waals surface area contributed by atoms with E-state index in [1.54, 1.807) is 18.5 Å². The topological polar surface area (TPSA) is 70.5 Å². The van der Waals surface area contributed by atoms with Crippen LogP contribution in [0.25, 0.3) is 0 Å². The van der Waals surface area contributed by atoms with Crippen LogP contribution in [-0.4, -0.2) is 63.9 Å². The van der Waals surface area contributed by atoms with Crippen molar-refractivity contribution < 1.29 is 14.0 Å². The Balaban J connectivity index is 1.23. The largest absolute Gasteiger partial charge is 0.340 e. The van der Waals surface area contributed by atoms with Crippen LogP contribution in [0.1, 0.15) is 12.1 Å². The lowest BCUT2D eigenvalue weighted by molar-refractivity contribution is -0.138. The van der Waals surface area contributed by atoms with Gasteiger partial charge in [-0.2, -0.15) is 0 Å². The van der Waals surface area contributed by atoms with E-state index in [1.807, 2.05) is 16.0 Å². The molecule has 4 rings (SSSR count). The zero-order valence-electron chi connectivity index (χ0n) is 15.7. The summed E-state index contributed by atoms with van der Waals surface area (Å²) in [6.45, 7) is 3.58. The Morgan fingerprint density at radius 2 is 1.89 bits per heavy atom. The summed E-state index contributed by atoms with van der Waals surface area (Å²) >= 11 is 0. The first-order valence-corrected chi connectivity index (χ1v) is 9.64. The number of carbonyl (C=O) groups is 2. The molecule has 0 spiro atoms. The molecule has 1 fully saturated rings. The number of nitrogens with one attached hydrogen (secondary N) is 1. The highest BCUT2D eigenvalue weighted by Gasteiger charge is 2.30. The normalized spacial score (nSPS) is 19.9. The second-order valence-electron chi connectivity index (χ2n) is 7.43. The van der Waals surface area contributed by atoms with E-state index in [9.17, 15) is 14.0 Å². The maximum atomic E-state index is 12.9. The zero-order valence-corrected chi connectivity index (χ0v) is 15.7. The highest BCUT2D eigenvalue weighted by atomic mass is 19.1. The van der Waals surface area contributed by atoms with Gasteiger partial charge in [0.15, 0.2) is 0 Å². The lowest BCUT2D eigenvalue weighted by Gasteiger charge is -2.37. The van der Waals surface area contributed by atoms with E-state index in [1.165, 1.54) is 17.8 Å². The summed E-state index contributed by atoms with van der Waals surface area (Å²) in [6, 6.07) is 5.72. The molecule has 1 saturated heterocycles. The number of rotatable bonds is 4. The Bertz CT molecular complexity index is 843.